The zero-order chi connectivity index (χ0) is 32.7. The van der Waals surface area contributed by atoms with Crippen molar-refractivity contribution in [1.82, 2.24) is 4.98 Å². The maximum atomic E-state index is 4.70. The average Bonchev–Trinajstić information content (AvgIpc) is 3.63. The number of aromatic nitrogens is 1. The lowest BCUT2D eigenvalue weighted by atomic mass is 10.1. The first-order valence-corrected chi connectivity index (χ1v) is 16.6. The minimum atomic E-state index is 0.377. The minimum absolute atomic E-state index is 0.377. The molecule has 0 saturated heterocycles. The normalized spacial score (nSPS) is 12.5. The van der Waals surface area contributed by atoms with Gasteiger partial charge in [-0.2, -0.15) is 5.11 Å². The van der Waals surface area contributed by atoms with Crippen LogP contribution in [0, 0.1) is 0 Å². The van der Waals surface area contributed by atoms with Crippen LogP contribution >= 0.6 is 11.3 Å². The highest BCUT2D eigenvalue weighted by Gasteiger charge is 2.09. The summed E-state index contributed by atoms with van der Waals surface area (Å²) >= 11 is 1.50. The standard InChI is InChI=1S/C39H32N8S/c1-3-26(2)41-34-21-22-36(31-14-8-7-13-30(31)34)45-46-37-24-23-35(32-15-9-10-16-33(32)37)44-42-28-17-19-29(20-18-28)43-47-39-40-25-38(48-39)27-11-5-4-6-12-27/h4-26,41H,3H2,1-2H3. The third kappa shape index (κ3) is 6.91. The molecule has 0 bridgehead atoms. The van der Waals surface area contributed by atoms with Crippen LogP contribution in [0.15, 0.2) is 164 Å². The molecule has 0 aliphatic rings. The van der Waals surface area contributed by atoms with E-state index in [-0.39, 0.29) is 0 Å². The maximum absolute atomic E-state index is 4.70. The molecule has 7 aromatic rings. The summed E-state index contributed by atoms with van der Waals surface area (Å²) in [7, 11) is 0. The average molecular weight is 645 g/mol. The van der Waals surface area contributed by atoms with Crippen LogP contribution < -0.4 is 5.32 Å². The fraction of sp³-hybridized carbons (Fsp3) is 0.103. The number of hydrogen-bond donors (Lipinski definition) is 1. The molecule has 0 aliphatic carbocycles. The topological polar surface area (TPSA) is 99.1 Å². The van der Waals surface area contributed by atoms with Crippen LogP contribution in [0.4, 0.5) is 39.3 Å². The summed E-state index contributed by atoms with van der Waals surface area (Å²) in [6, 6.07) is 42.3. The highest BCUT2D eigenvalue weighted by atomic mass is 32.1. The Morgan fingerprint density at radius 1 is 0.562 bits per heavy atom. The molecule has 0 fully saturated rings. The Morgan fingerprint density at radius 2 is 1.06 bits per heavy atom. The van der Waals surface area contributed by atoms with Gasteiger partial charge in [-0.3, -0.25) is 0 Å². The molecule has 1 atom stereocenters. The molecule has 1 N–H and O–H groups in total. The van der Waals surface area contributed by atoms with Gasteiger partial charge in [-0.05, 0) is 67.4 Å². The molecule has 0 radical (unpaired) electrons. The zero-order valence-corrected chi connectivity index (χ0v) is 27.3. The predicted molar refractivity (Wildman–Crippen MR) is 198 cm³/mol. The van der Waals surface area contributed by atoms with Gasteiger partial charge in [0.15, 0.2) is 0 Å². The maximum Gasteiger partial charge on any atom is 0.230 e. The lowest BCUT2D eigenvalue weighted by molar-refractivity contribution is 0.765. The molecule has 1 aromatic heterocycles. The van der Waals surface area contributed by atoms with E-state index < -0.39 is 0 Å². The van der Waals surface area contributed by atoms with E-state index in [2.05, 4.69) is 81.0 Å². The molecule has 0 saturated carbocycles. The van der Waals surface area contributed by atoms with Gasteiger partial charge in [0.1, 0.15) is 0 Å². The second-order valence-electron chi connectivity index (χ2n) is 11.3. The minimum Gasteiger partial charge on any atom is -0.382 e. The summed E-state index contributed by atoms with van der Waals surface area (Å²) < 4.78 is 0. The highest BCUT2D eigenvalue weighted by molar-refractivity contribution is 7.18. The summed E-state index contributed by atoms with van der Waals surface area (Å²) in [5, 5.41) is 35.4. The molecule has 234 valence electrons. The van der Waals surface area contributed by atoms with Gasteiger partial charge in [0.25, 0.3) is 0 Å². The van der Waals surface area contributed by atoms with Crippen LogP contribution in [0.1, 0.15) is 20.3 Å². The number of nitrogens with one attached hydrogen (secondary N) is 1. The molecule has 1 unspecified atom stereocenters. The van der Waals surface area contributed by atoms with Gasteiger partial charge >= 0.3 is 0 Å². The molecule has 0 aliphatic heterocycles. The number of thiazole rings is 1. The summed E-state index contributed by atoms with van der Waals surface area (Å²) in [5.74, 6) is 0. The van der Waals surface area contributed by atoms with Gasteiger partial charge in [0.2, 0.25) is 5.13 Å². The molecule has 1 heterocycles. The van der Waals surface area contributed by atoms with Gasteiger partial charge in [-0.1, -0.05) is 97.1 Å². The van der Waals surface area contributed by atoms with E-state index in [1.807, 2.05) is 97.2 Å². The van der Waals surface area contributed by atoms with Crippen LogP contribution in [0.2, 0.25) is 0 Å². The Labute approximate surface area is 282 Å². The quantitative estimate of drug-likeness (QED) is 0.150. The van der Waals surface area contributed by atoms with E-state index in [1.165, 1.54) is 11.3 Å². The van der Waals surface area contributed by atoms with Crippen molar-refractivity contribution < 1.29 is 0 Å². The smallest absolute Gasteiger partial charge is 0.230 e. The van der Waals surface area contributed by atoms with Crippen molar-refractivity contribution in [1.29, 1.82) is 0 Å². The van der Waals surface area contributed by atoms with Crippen molar-refractivity contribution in [3.8, 4) is 10.4 Å². The van der Waals surface area contributed by atoms with Crippen LogP contribution in [0.25, 0.3) is 32.0 Å². The number of benzene rings is 6. The second kappa shape index (κ2) is 14.2. The number of anilines is 1. The third-order valence-electron chi connectivity index (χ3n) is 7.98. The molecule has 0 spiro atoms. The van der Waals surface area contributed by atoms with Crippen LogP contribution in [-0.4, -0.2) is 11.0 Å². The molecule has 0 amide bonds. The predicted octanol–water partition coefficient (Wildman–Crippen LogP) is 13.6. The van der Waals surface area contributed by atoms with Gasteiger partial charge in [0.05, 0.1) is 33.3 Å². The Bertz CT molecular complexity index is 2270. The van der Waals surface area contributed by atoms with E-state index in [0.717, 1.165) is 61.2 Å². The first-order valence-electron chi connectivity index (χ1n) is 15.8. The van der Waals surface area contributed by atoms with Gasteiger partial charge < -0.3 is 5.32 Å². The fourth-order valence-corrected chi connectivity index (χ4v) is 6.00. The molecular formula is C39H32N8S. The van der Waals surface area contributed by atoms with Crippen LogP contribution in [0.5, 0.6) is 0 Å². The first-order chi connectivity index (χ1) is 23.6. The van der Waals surface area contributed by atoms with E-state index in [0.29, 0.717) is 22.5 Å². The Morgan fingerprint density at radius 3 is 1.67 bits per heavy atom. The number of rotatable bonds is 10. The number of fused-ring (bicyclic) bond motifs is 2. The largest absolute Gasteiger partial charge is 0.382 e. The van der Waals surface area contributed by atoms with Crippen molar-refractivity contribution in [2.24, 2.45) is 30.7 Å². The van der Waals surface area contributed by atoms with Crippen molar-refractivity contribution >= 4 is 72.1 Å². The SMILES string of the molecule is CCC(C)Nc1ccc(N=Nc2ccc(N=Nc3ccc(N=Nc4ncc(-c5ccccc5)s4)cc3)c3ccccc23)c2ccccc12. The van der Waals surface area contributed by atoms with E-state index in [9.17, 15) is 0 Å². The first kappa shape index (κ1) is 30.7. The van der Waals surface area contributed by atoms with Crippen molar-refractivity contribution in [2.75, 3.05) is 5.32 Å². The molecule has 9 heteroatoms. The molecule has 7 rings (SSSR count). The van der Waals surface area contributed by atoms with Crippen molar-refractivity contribution in [3.05, 3.63) is 134 Å². The van der Waals surface area contributed by atoms with Crippen LogP contribution in [-0.2, 0) is 0 Å². The molecule has 8 nitrogen and oxygen atoms in total. The summed E-state index contributed by atoms with van der Waals surface area (Å²) in [5.41, 5.74) is 5.97. The van der Waals surface area contributed by atoms with E-state index >= 15 is 0 Å². The molecule has 48 heavy (non-hydrogen) atoms. The fourth-order valence-electron chi connectivity index (χ4n) is 5.26. The monoisotopic (exact) mass is 644 g/mol. The second-order valence-corrected chi connectivity index (χ2v) is 12.3. The van der Waals surface area contributed by atoms with E-state index in [1.54, 1.807) is 0 Å². The summed E-state index contributed by atoms with van der Waals surface area (Å²) in [4.78, 5) is 5.44. The lowest BCUT2D eigenvalue weighted by Crippen LogP contribution is -2.13. The van der Waals surface area contributed by atoms with Crippen molar-refractivity contribution in [3.63, 3.8) is 0 Å². The summed E-state index contributed by atoms with van der Waals surface area (Å²) in [6.45, 7) is 4.37. The Kier molecular flexibility index (Phi) is 9.11. The van der Waals surface area contributed by atoms with Gasteiger partial charge in [-0.15, -0.1) is 25.6 Å². The number of azo groups is 3. The lowest BCUT2D eigenvalue weighted by Gasteiger charge is -2.15. The summed E-state index contributed by atoms with van der Waals surface area (Å²) in [6.07, 6.45) is 2.87. The third-order valence-corrected chi connectivity index (χ3v) is 8.92. The zero-order valence-electron chi connectivity index (χ0n) is 26.5. The Hall–Kier alpha value is -5.93. The van der Waals surface area contributed by atoms with Crippen molar-refractivity contribution in [2.45, 2.75) is 26.3 Å². The molecule has 6 aromatic carbocycles. The van der Waals surface area contributed by atoms with Gasteiger partial charge in [-0.25, -0.2) is 4.98 Å². The number of nitrogens with zero attached hydrogens (tertiary/aromatic N) is 7. The highest BCUT2D eigenvalue weighted by Crippen LogP contribution is 2.38. The number of hydrogen-bond acceptors (Lipinski definition) is 9. The molecular weight excluding hydrogens is 613 g/mol. The van der Waals surface area contributed by atoms with Gasteiger partial charge in [0, 0.05) is 39.5 Å². The van der Waals surface area contributed by atoms with Crippen LogP contribution in [0.3, 0.4) is 0 Å². The van der Waals surface area contributed by atoms with E-state index in [4.69, 9.17) is 10.2 Å². The Balaban J connectivity index is 1.08.